The van der Waals surface area contributed by atoms with Gasteiger partial charge >= 0.3 is 0 Å². The third kappa shape index (κ3) is 5.87. The van der Waals surface area contributed by atoms with E-state index in [1.54, 1.807) is 0 Å². The maximum Gasteiger partial charge on any atom is 0.161 e. The van der Waals surface area contributed by atoms with Gasteiger partial charge in [0.25, 0.3) is 0 Å². The summed E-state index contributed by atoms with van der Waals surface area (Å²) in [5, 5.41) is 4.34. The highest BCUT2D eigenvalue weighted by Gasteiger charge is 2.22. The van der Waals surface area contributed by atoms with Gasteiger partial charge in [0.1, 0.15) is 6.61 Å². The van der Waals surface area contributed by atoms with Crippen LogP contribution in [0.2, 0.25) is 5.02 Å². The molecule has 1 saturated heterocycles. The molecule has 1 fully saturated rings. The Kier molecular flexibility index (Phi) is 8.01. The van der Waals surface area contributed by atoms with Crippen molar-refractivity contribution in [3.05, 3.63) is 58.6 Å². The summed E-state index contributed by atoms with van der Waals surface area (Å²) in [7, 11) is 0. The molecular weight excluding hydrogens is 372 g/mol. The van der Waals surface area contributed by atoms with Crippen LogP contribution in [0.4, 0.5) is 0 Å². The lowest BCUT2D eigenvalue weighted by molar-refractivity contribution is 0.259. The first-order valence-corrected chi connectivity index (χ1v) is 10.6. The lowest BCUT2D eigenvalue weighted by Gasteiger charge is -2.23. The summed E-state index contributed by atoms with van der Waals surface area (Å²) >= 11 is 5.94. The van der Waals surface area contributed by atoms with Gasteiger partial charge in [0, 0.05) is 24.2 Å². The van der Waals surface area contributed by atoms with Crippen molar-refractivity contribution in [2.45, 2.75) is 45.9 Å². The zero-order valence-electron chi connectivity index (χ0n) is 16.9. The van der Waals surface area contributed by atoms with Crippen molar-refractivity contribution in [1.29, 1.82) is 0 Å². The number of halogens is 1. The molecule has 1 aliphatic heterocycles. The van der Waals surface area contributed by atoms with Crippen LogP contribution in [0.25, 0.3) is 0 Å². The molecule has 1 heterocycles. The van der Waals surface area contributed by atoms with Crippen LogP contribution >= 0.6 is 11.6 Å². The third-order valence-electron chi connectivity index (χ3n) is 5.23. The maximum absolute atomic E-state index is 5.99. The molecule has 0 saturated carbocycles. The maximum atomic E-state index is 5.99. The second-order valence-electron chi connectivity index (χ2n) is 7.18. The van der Waals surface area contributed by atoms with E-state index in [0.717, 1.165) is 41.7 Å². The summed E-state index contributed by atoms with van der Waals surface area (Å²) in [5.74, 6) is 1.57. The van der Waals surface area contributed by atoms with Gasteiger partial charge in [-0.05, 0) is 68.2 Å². The molecular formula is C23H31ClN2O2. The van der Waals surface area contributed by atoms with Crippen molar-refractivity contribution in [3.63, 3.8) is 0 Å². The van der Waals surface area contributed by atoms with Crippen molar-refractivity contribution in [1.82, 2.24) is 10.2 Å². The molecule has 0 bridgehead atoms. The molecule has 3 rings (SSSR count). The van der Waals surface area contributed by atoms with Crippen LogP contribution in [-0.2, 0) is 13.2 Å². The minimum Gasteiger partial charge on any atom is -0.490 e. The largest absolute Gasteiger partial charge is 0.490 e. The topological polar surface area (TPSA) is 33.7 Å². The molecule has 0 amide bonds. The molecule has 0 radical (unpaired) electrons. The van der Waals surface area contributed by atoms with Crippen LogP contribution in [-0.4, -0.2) is 37.2 Å². The molecule has 152 valence electrons. The minimum absolute atomic E-state index is 0.489. The van der Waals surface area contributed by atoms with Crippen LogP contribution in [0.5, 0.6) is 11.5 Å². The van der Waals surface area contributed by atoms with E-state index in [4.69, 9.17) is 21.1 Å². The fourth-order valence-corrected chi connectivity index (χ4v) is 3.84. The van der Waals surface area contributed by atoms with Crippen molar-refractivity contribution < 1.29 is 9.47 Å². The van der Waals surface area contributed by atoms with Crippen molar-refractivity contribution in [2.75, 3.05) is 26.2 Å². The highest BCUT2D eigenvalue weighted by atomic mass is 35.5. The molecule has 2 aromatic carbocycles. The molecule has 2 aromatic rings. The Balaban J connectivity index is 1.56. The predicted molar refractivity (Wildman–Crippen MR) is 115 cm³/mol. The Hall–Kier alpha value is -1.75. The highest BCUT2D eigenvalue weighted by Crippen LogP contribution is 2.29. The quantitative estimate of drug-likeness (QED) is 0.613. The monoisotopic (exact) mass is 402 g/mol. The molecule has 1 atom stereocenters. The normalized spacial score (nSPS) is 17.0. The fraction of sp³-hybridized carbons (Fsp3) is 0.478. The molecule has 0 aromatic heterocycles. The second kappa shape index (κ2) is 10.7. The summed E-state index contributed by atoms with van der Waals surface area (Å²) < 4.78 is 11.8. The van der Waals surface area contributed by atoms with Gasteiger partial charge in [-0.3, -0.25) is 4.90 Å². The molecule has 1 N–H and O–H groups in total. The molecule has 5 heteroatoms. The van der Waals surface area contributed by atoms with Gasteiger partial charge < -0.3 is 14.8 Å². The number of benzene rings is 2. The molecule has 4 nitrogen and oxygen atoms in total. The summed E-state index contributed by atoms with van der Waals surface area (Å²) in [5.41, 5.74) is 2.29. The average molecular weight is 403 g/mol. The summed E-state index contributed by atoms with van der Waals surface area (Å²) in [6, 6.07) is 14.6. The highest BCUT2D eigenvalue weighted by molar-refractivity contribution is 6.30. The molecule has 0 spiro atoms. The van der Waals surface area contributed by atoms with Crippen molar-refractivity contribution >= 4 is 11.6 Å². The van der Waals surface area contributed by atoms with E-state index in [-0.39, 0.29) is 0 Å². The first-order valence-electron chi connectivity index (χ1n) is 10.3. The predicted octanol–water partition coefficient (Wildman–Crippen LogP) is 4.89. The van der Waals surface area contributed by atoms with E-state index < -0.39 is 0 Å². The number of hydrogen-bond donors (Lipinski definition) is 1. The number of rotatable bonds is 10. The lowest BCUT2D eigenvalue weighted by Crippen LogP contribution is -2.37. The van der Waals surface area contributed by atoms with Gasteiger partial charge in [-0.25, -0.2) is 0 Å². The molecule has 1 aliphatic rings. The van der Waals surface area contributed by atoms with Crippen LogP contribution in [0.15, 0.2) is 42.5 Å². The Morgan fingerprint density at radius 2 is 1.82 bits per heavy atom. The Morgan fingerprint density at radius 1 is 1.04 bits per heavy atom. The van der Waals surface area contributed by atoms with Gasteiger partial charge in [-0.2, -0.15) is 0 Å². The minimum atomic E-state index is 0.489. The van der Waals surface area contributed by atoms with Crippen LogP contribution in [0.3, 0.4) is 0 Å². The van der Waals surface area contributed by atoms with E-state index in [2.05, 4.69) is 29.3 Å². The van der Waals surface area contributed by atoms with Gasteiger partial charge in [-0.1, -0.05) is 36.7 Å². The SMILES string of the molecule is CCOc1cc(CNC[C@@H]2CCCN2CC)ccc1OCc1ccc(Cl)cc1. The number of nitrogens with zero attached hydrogens (tertiary/aromatic N) is 1. The number of likely N-dealkylation sites (tertiary alicyclic amines) is 1. The molecule has 0 aliphatic carbocycles. The van der Waals surface area contributed by atoms with E-state index in [0.29, 0.717) is 19.3 Å². The van der Waals surface area contributed by atoms with Crippen LogP contribution < -0.4 is 14.8 Å². The Labute approximate surface area is 173 Å². The van der Waals surface area contributed by atoms with E-state index >= 15 is 0 Å². The zero-order valence-corrected chi connectivity index (χ0v) is 17.7. The number of hydrogen-bond acceptors (Lipinski definition) is 4. The van der Waals surface area contributed by atoms with Gasteiger partial charge in [-0.15, -0.1) is 0 Å². The first kappa shape index (κ1) is 21.0. The summed E-state index contributed by atoms with van der Waals surface area (Å²) in [4.78, 5) is 2.56. The standard InChI is InChI=1S/C23H31ClN2O2/c1-3-26-13-5-6-21(26)16-25-15-19-9-12-22(23(14-19)27-4-2)28-17-18-7-10-20(24)11-8-18/h7-12,14,21,25H,3-6,13,15-17H2,1-2H3/t21-/m0/s1. The van der Waals surface area contributed by atoms with Crippen molar-refractivity contribution in [3.8, 4) is 11.5 Å². The zero-order chi connectivity index (χ0) is 19.8. The summed E-state index contributed by atoms with van der Waals surface area (Å²) in [6.07, 6.45) is 2.61. The first-order chi connectivity index (χ1) is 13.7. The van der Waals surface area contributed by atoms with E-state index in [9.17, 15) is 0 Å². The molecule has 28 heavy (non-hydrogen) atoms. The van der Waals surface area contributed by atoms with Gasteiger partial charge in [0.05, 0.1) is 6.61 Å². The average Bonchev–Trinajstić information content (AvgIpc) is 3.16. The van der Waals surface area contributed by atoms with E-state index in [1.165, 1.54) is 24.9 Å². The van der Waals surface area contributed by atoms with Gasteiger partial charge in [0.15, 0.2) is 11.5 Å². The number of nitrogens with one attached hydrogen (secondary N) is 1. The van der Waals surface area contributed by atoms with E-state index in [1.807, 2.05) is 37.3 Å². The smallest absolute Gasteiger partial charge is 0.161 e. The van der Waals surface area contributed by atoms with Gasteiger partial charge in [0.2, 0.25) is 0 Å². The molecule has 0 unspecified atom stereocenters. The number of likely N-dealkylation sites (N-methyl/N-ethyl adjacent to an activating group) is 1. The summed E-state index contributed by atoms with van der Waals surface area (Å²) in [6.45, 7) is 9.59. The van der Waals surface area contributed by atoms with Crippen LogP contribution in [0, 0.1) is 0 Å². The van der Waals surface area contributed by atoms with Crippen molar-refractivity contribution in [2.24, 2.45) is 0 Å². The Bertz CT molecular complexity index is 736. The Morgan fingerprint density at radius 3 is 2.57 bits per heavy atom. The number of ether oxygens (including phenoxy) is 2. The third-order valence-corrected chi connectivity index (χ3v) is 5.48. The lowest BCUT2D eigenvalue weighted by atomic mass is 10.1. The fourth-order valence-electron chi connectivity index (χ4n) is 3.72. The van der Waals surface area contributed by atoms with Crippen LogP contribution in [0.1, 0.15) is 37.8 Å². The second-order valence-corrected chi connectivity index (χ2v) is 7.62.